The third kappa shape index (κ3) is 10.6. The van der Waals surface area contributed by atoms with E-state index in [2.05, 4.69) is 0 Å². The van der Waals surface area contributed by atoms with Gasteiger partial charge in [-0.2, -0.15) is 0 Å². The van der Waals surface area contributed by atoms with E-state index in [1.807, 2.05) is 6.92 Å². The highest BCUT2D eigenvalue weighted by Gasteiger charge is 2.61. The van der Waals surface area contributed by atoms with Crippen molar-refractivity contribution >= 4 is 23.9 Å². The maximum absolute atomic E-state index is 13.3. The second-order valence-corrected chi connectivity index (χ2v) is 12.7. The van der Waals surface area contributed by atoms with Crippen LogP contribution in [0.15, 0.2) is 0 Å². The summed E-state index contributed by atoms with van der Waals surface area (Å²) in [5, 5.41) is 41.5. The predicted molar refractivity (Wildman–Crippen MR) is 167 cm³/mol. The highest BCUT2D eigenvalue weighted by atomic mass is 16.8. The fourth-order valence-corrected chi connectivity index (χ4v) is 5.01. The molecule has 0 aromatic heterocycles. The Balaban J connectivity index is 2.70. The molecule has 4 N–H and O–H groups in total. The highest BCUT2D eigenvalue weighted by molar-refractivity contribution is 5.74. The topological polar surface area (TPSA) is 214 Å². The number of esters is 4. The van der Waals surface area contributed by atoms with Gasteiger partial charge in [0.1, 0.15) is 37.6 Å². The molecule has 2 aliphatic heterocycles. The smallest absolute Gasteiger partial charge is 0.309 e. The van der Waals surface area contributed by atoms with E-state index >= 15 is 0 Å². The summed E-state index contributed by atoms with van der Waals surface area (Å²) >= 11 is 0. The molecule has 0 radical (unpaired) electrons. The van der Waals surface area contributed by atoms with E-state index in [9.17, 15) is 39.6 Å². The molecule has 48 heavy (non-hydrogen) atoms. The minimum absolute atomic E-state index is 0.0186. The van der Waals surface area contributed by atoms with E-state index in [4.69, 9.17) is 33.2 Å². The molecule has 0 aromatic carbocycles. The van der Waals surface area contributed by atoms with Gasteiger partial charge in [0.2, 0.25) is 12.1 Å². The van der Waals surface area contributed by atoms with Crippen LogP contribution in [-0.2, 0) is 52.3 Å². The van der Waals surface area contributed by atoms with E-state index in [-0.39, 0.29) is 6.42 Å². The summed E-state index contributed by atoms with van der Waals surface area (Å²) in [5.74, 6) is -6.87. The third-order valence-corrected chi connectivity index (χ3v) is 9.00. The standard InChI is InChI=1S/C33H56O15/c1-8-12-13-14-23(36)44-26-25(45-30(40)19(6)10-3)22(16-42-29(39)18(5)9-2)43-32(27(26)46-31(41)20(7)11-4)48-33(17-35)28(38)24(37)21(15-34)47-33/h18-22,24-28,32,34-35,37-38H,8-17H2,1-7H3. The van der Waals surface area contributed by atoms with E-state index < -0.39 is 116 Å². The lowest BCUT2D eigenvalue weighted by molar-refractivity contribution is -0.384. The highest BCUT2D eigenvalue weighted by Crippen LogP contribution is 2.38. The predicted octanol–water partition coefficient (Wildman–Crippen LogP) is 1.53. The van der Waals surface area contributed by atoms with E-state index in [1.165, 1.54) is 0 Å². The minimum Gasteiger partial charge on any atom is -0.463 e. The van der Waals surface area contributed by atoms with Gasteiger partial charge in [0.25, 0.3) is 0 Å². The molecule has 2 heterocycles. The summed E-state index contributed by atoms with van der Waals surface area (Å²) in [6.07, 6.45) is -9.68. The molecule has 0 aliphatic carbocycles. The molecule has 15 heteroatoms. The molecule has 2 saturated heterocycles. The average Bonchev–Trinajstić information content (AvgIpc) is 3.33. The Bertz CT molecular complexity index is 1040. The van der Waals surface area contributed by atoms with Gasteiger partial charge >= 0.3 is 23.9 Å². The molecule has 2 rings (SSSR count). The van der Waals surface area contributed by atoms with Crippen LogP contribution in [0.5, 0.6) is 0 Å². The Hall–Kier alpha value is -2.40. The first-order valence-corrected chi connectivity index (χ1v) is 17.1. The molecule has 0 saturated carbocycles. The van der Waals surface area contributed by atoms with Crippen LogP contribution in [0.1, 0.15) is 93.4 Å². The summed E-state index contributed by atoms with van der Waals surface area (Å²) in [7, 11) is 0. The van der Waals surface area contributed by atoms with Gasteiger partial charge in [0.05, 0.1) is 24.4 Å². The number of carbonyl (C=O) groups is 4. The molecule has 12 atom stereocenters. The van der Waals surface area contributed by atoms with E-state index in [1.54, 1.807) is 41.5 Å². The molecule has 0 aromatic rings. The zero-order valence-corrected chi connectivity index (χ0v) is 29.2. The number of ether oxygens (including phenoxy) is 7. The first-order chi connectivity index (χ1) is 22.7. The Kier molecular flexibility index (Phi) is 17.1. The van der Waals surface area contributed by atoms with Crippen LogP contribution in [0.3, 0.4) is 0 Å². The van der Waals surface area contributed by atoms with E-state index in [0.717, 1.165) is 12.8 Å². The summed E-state index contributed by atoms with van der Waals surface area (Å²) < 4.78 is 40.9. The first-order valence-electron chi connectivity index (χ1n) is 17.1. The van der Waals surface area contributed by atoms with Gasteiger partial charge in [-0.25, -0.2) is 0 Å². The van der Waals surface area contributed by atoms with Gasteiger partial charge in [-0.1, -0.05) is 61.3 Å². The first kappa shape index (κ1) is 41.8. The van der Waals surface area contributed by atoms with Gasteiger partial charge in [-0.15, -0.1) is 0 Å². The zero-order valence-electron chi connectivity index (χ0n) is 29.2. The van der Waals surface area contributed by atoms with Crippen molar-refractivity contribution < 1.29 is 72.8 Å². The Morgan fingerprint density at radius 1 is 0.750 bits per heavy atom. The number of hydrogen-bond donors (Lipinski definition) is 4. The number of aliphatic hydroxyl groups excluding tert-OH is 4. The second kappa shape index (κ2) is 19.7. The monoisotopic (exact) mass is 692 g/mol. The van der Waals surface area contributed by atoms with Crippen molar-refractivity contribution in [1.29, 1.82) is 0 Å². The minimum atomic E-state index is -2.41. The van der Waals surface area contributed by atoms with Gasteiger partial charge in [0, 0.05) is 6.42 Å². The lowest BCUT2D eigenvalue weighted by Gasteiger charge is -2.46. The van der Waals surface area contributed by atoms with Crippen LogP contribution in [0, 0.1) is 17.8 Å². The molecule has 0 amide bonds. The van der Waals surface area contributed by atoms with Gasteiger partial charge in [0.15, 0.2) is 18.3 Å². The Morgan fingerprint density at radius 3 is 1.81 bits per heavy atom. The van der Waals surface area contributed by atoms with Gasteiger partial charge in [-0.05, 0) is 25.7 Å². The molecule has 12 unspecified atom stereocenters. The number of hydrogen-bond acceptors (Lipinski definition) is 15. The number of rotatable bonds is 19. The van der Waals surface area contributed by atoms with Crippen molar-refractivity contribution in [1.82, 2.24) is 0 Å². The van der Waals surface area contributed by atoms with Crippen molar-refractivity contribution in [3.63, 3.8) is 0 Å². The van der Waals surface area contributed by atoms with E-state index in [0.29, 0.717) is 25.7 Å². The fraction of sp³-hybridized carbons (Fsp3) is 0.879. The second-order valence-electron chi connectivity index (χ2n) is 12.7. The summed E-state index contributed by atoms with van der Waals surface area (Å²) in [4.78, 5) is 52.4. The Morgan fingerprint density at radius 2 is 1.31 bits per heavy atom. The Labute approximate surface area is 282 Å². The van der Waals surface area contributed by atoms with Crippen LogP contribution >= 0.6 is 0 Å². The van der Waals surface area contributed by atoms with Crippen LogP contribution in [0.4, 0.5) is 0 Å². The average molecular weight is 693 g/mol. The molecule has 0 bridgehead atoms. The quantitative estimate of drug-likeness (QED) is 0.0858. The maximum Gasteiger partial charge on any atom is 0.309 e. The normalized spacial score (nSPS) is 32.1. The van der Waals surface area contributed by atoms with Crippen molar-refractivity contribution in [3.8, 4) is 0 Å². The number of unbranched alkanes of at least 4 members (excludes halogenated alkanes) is 2. The van der Waals surface area contributed by atoms with Crippen molar-refractivity contribution in [2.45, 2.75) is 148 Å². The van der Waals surface area contributed by atoms with Gasteiger partial charge < -0.3 is 53.6 Å². The van der Waals surface area contributed by atoms with Crippen molar-refractivity contribution in [2.24, 2.45) is 17.8 Å². The molecule has 278 valence electrons. The van der Waals surface area contributed by atoms with Crippen molar-refractivity contribution in [3.05, 3.63) is 0 Å². The summed E-state index contributed by atoms with van der Waals surface area (Å²) in [5.41, 5.74) is 0. The lowest BCUT2D eigenvalue weighted by Crippen LogP contribution is -2.65. The third-order valence-electron chi connectivity index (χ3n) is 9.00. The zero-order chi connectivity index (χ0) is 36.2. The molecule has 15 nitrogen and oxygen atoms in total. The SMILES string of the molecule is CCCCCC(=O)OC1C(OC(=O)C(C)CC)C(COC(=O)C(C)CC)OC(OC2(CO)OC(CO)C(O)C2O)C1OC(=O)C(C)CC. The maximum atomic E-state index is 13.3. The molecule has 2 fully saturated rings. The van der Waals surface area contributed by atoms with Crippen LogP contribution in [0.25, 0.3) is 0 Å². The van der Waals surface area contributed by atoms with Crippen LogP contribution in [0.2, 0.25) is 0 Å². The number of carbonyl (C=O) groups excluding carboxylic acids is 4. The van der Waals surface area contributed by atoms with Crippen LogP contribution in [-0.4, -0.2) is 119 Å². The van der Waals surface area contributed by atoms with Crippen molar-refractivity contribution in [2.75, 3.05) is 19.8 Å². The lowest BCUT2D eigenvalue weighted by atomic mass is 9.96. The summed E-state index contributed by atoms with van der Waals surface area (Å²) in [6, 6.07) is 0. The van der Waals surface area contributed by atoms with Crippen LogP contribution < -0.4 is 0 Å². The summed E-state index contributed by atoms with van der Waals surface area (Å²) in [6.45, 7) is 9.85. The molecular weight excluding hydrogens is 636 g/mol. The number of aliphatic hydroxyl groups is 4. The molecule has 2 aliphatic rings. The fourth-order valence-electron chi connectivity index (χ4n) is 5.01. The molecular formula is C33H56O15. The largest absolute Gasteiger partial charge is 0.463 e. The molecule has 0 spiro atoms. The van der Waals surface area contributed by atoms with Gasteiger partial charge in [-0.3, -0.25) is 19.2 Å².